The minimum Gasteiger partial charge on any atom is -0.361 e. The van der Waals surface area contributed by atoms with Gasteiger partial charge in [0, 0.05) is 24.8 Å². The van der Waals surface area contributed by atoms with Crippen LogP contribution in [-0.2, 0) is 0 Å². The largest absolute Gasteiger partial charge is 0.361 e. The van der Waals surface area contributed by atoms with Crippen molar-refractivity contribution >= 4 is 23.1 Å². The number of carbonyl (C=O) groups is 1. The Morgan fingerprint density at radius 2 is 2.00 bits per heavy atom. The first-order valence-corrected chi connectivity index (χ1v) is 8.85. The van der Waals surface area contributed by atoms with Crippen LogP contribution >= 0.6 is 0 Å². The van der Waals surface area contributed by atoms with Crippen molar-refractivity contribution in [3.63, 3.8) is 0 Å². The molecule has 1 heterocycles. The van der Waals surface area contributed by atoms with Crippen LogP contribution in [0.1, 0.15) is 19.3 Å². The highest BCUT2D eigenvalue weighted by Crippen LogP contribution is 2.33. The number of nitrogens with one attached hydrogen (secondary N) is 2. The maximum Gasteiger partial charge on any atom is 0.319 e. The van der Waals surface area contributed by atoms with Crippen molar-refractivity contribution in [2.45, 2.75) is 25.3 Å². The van der Waals surface area contributed by atoms with Crippen LogP contribution < -0.4 is 15.5 Å². The maximum atomic E-state index is 13.4. The Hall–Kier alpha value is -3.16. The third-order valence-electron chi connectivity index (χ3n) is 4.60. The van der Waals surface area contributed by atoms with Crippen molar-refractivity contribution in [3.8, 4) is 0 Å². The third-order valence-corrected chi connectivity index (χ3v) is 4.60. The molecule has 0 spiro atoms. The number of urea groups is 1. The highest BCUT2D eigenvalue weighted by Gasteiger charge is 2.28. The second-order valence-corrected chi connectivity index (χ2v) is 6.43. The van der Waals surface area contributed by atoms with Gasteiger partial charge in [0.1, 0.15) is 11.5 Å². The van der Waals surface area contributed by atoms with E-state index in [1.165, 1.54) is 12.1 Å². The molecule has 0 saturated carbocycles. The van der Waals surface area contributed by atoms with Crippen molar-refractivity contribution in [1.29, 1.82) is 0 Å². The van der Waals surface area contributed by atoms with Gasteiger partial charge in [-0.05, 0) is 43.5 Å². The zero-order valence-electron chi connectivity index (χ0n) is 14.7. The molecule has 1 aliphatic heterocycles. The minimum absolute atomic E-state index is 0.0931. The van der Waals surface area contributed by atoms with E-state index in [0.717, 1.165) is 25.3 Å². The normalized spacial score (nSPS) is 16.6. The second-order valence-electron chi connectivity index (χ2n) is 6.43. The lowest BCUT2D eigenvalue weighted by molar-refractivity contribution is -0.384. The average Bonchev–Trinajstić information content (AvgIpc) is 2.67. The molecule has 1 fully saturated rings. The third kappa shape index (κ3) is 4.72. The van der Waals surface area contributed by atoms with Crippen LogP contribution in [-0.4, -0.2) is 30.1 Å². The smallest absolute Gasteiger partial charge is 0.319 e. The predicted octanol–water partition coefficient (Wildman–Crippen LogP) is 3.91. The summed E-state index contributed by atoms with van der Waals surface area (Å²) in [5, 5.41) is 16.9. The Morgan fingerprint density at radius 3 is 2.74 bits per heavy atom. The summed E-state index contributed by atoms with van der Waals surface area (Å²) in [6.07, 6.45) is 2.65. The molecule has 2 N–H and O–H groups in total. The molecule has 8 heteroatoms. The Labute approximate surface area is 156 Å². The van der Waals surface area contributed by atoms with Gasteiger partial charge in [-0.1, -0.05) is 18.2 Å². The van der Waals surface area contributed by atoms with E-state index in [9.17, 15) is 19.3 Å². The number of carbonyl (C=O) groups excluding carboxylic acids is 1. The van der Waals surface area contributed by atoms with Crippen LogP contribution in [0.2, 0.25) is 0 Å². The van der Waals surface area contributed by atoms with E-state index in [2.05, 4.69) is 10.6 Å². The van der Waals surface area contributed by atoms with Gasteiger partial charge >= 0.3 is 6.03 Å². The quantitative estimate of drug-likeness (QED) is 0.615. The number of hydrogen-bond acceptors (Lipinski definition) is 4. The number of amides is 2. The van der Waals surface area contributed by atoms with Crippen LogP contribution in [0.4, 0.5) is 26.2 Å². The second kappa shape index (κ2) is 8.48. The van der Waals surface area contributed by atoms with Gasteiger partial charge in [0.05, 0.1) is 11.0 Å². The fourth-order valence-electron chi connectivity index (χ4n) is 3.32. The number of hydrogen-bond donors (Lipinski definition) is 2. The van der Waals surface area contributed by atoms with E-state index in [-0.39, 0.29) is 17.8 Å². The fourth-order valence-corrected chi connectivity index (χ4v) is 3.32. The van der Waals surface area contributed by atoms with Crippen molar-refractivity contribution in [1.82, 2.24) is 5.32 Å². The molecule has 1 atom stereocenters. The van der Waals surface area contributed by atoms with E-state index in [0.29, 0.717) is 24.5 Å². The van der Waals surface area contributed by atoms with Gasteiger partial charge in [0.25, 0.3) is 5.69 Å². The molecule has 2 aromatic carbocycles. The van der Waals surface area contributed by atoms with E-state index in [4.69, 9.17) is 0 Å². The lowest BCUT2D eigenvalue weighted by atomic mass is 10.0. The number of anilines is 2. The van der Waals surface area contributed by atoms with Crippen molar-refractivity contribution in [2.75, 3.05) is 23.3 Å². The summed E-state index contributed by atoms with van der Waals surface area (Å²) in [7, 11) is 0. The van der Waals surface area contributed by atoms with Gasteiger partial charge in [-0.25, -0.2) is 9.18 Å². The molecule has 1 saturated heterocycles. The molecular weight excluding hydrogens is 351 g/mol. The Balaban J connectivity index is 1.69. The number of benzene rings is 2. The molecule has 27 heavy (non-hydrogen) atoms. The molecule has 3 rings (SSSR count). The molecule has 1 aliphatic rings. The predicted molar refractivity (Wildman–Crippen MR) is 102 cm³/mol. The molecule has 0 bridgehead atoms. The minimum atomic E-state index is -0.639. The maximum absolute atomic E-state index is 13.4. The summed E-state index contributed by atoms with van der Waals surface area (Å²) in [4.78, 5) is 24.8. The van der Waals surface area contributed by atoms with Gasteiger partial charge in [0.2, 0.25) is 0 Å². The SMILES string of the molecule is O=C(NCC1CCCCN1c1ccc(F)cc1[N+](=O)[O-])Nc1ccccc1. The Morgan fingerprint density at radius 1 is 1.22 bits per heavy atom. The summed E-state index contributed by atoms with van der Waals surface area (Å²) in [5.41, 5.74) is 0.816. The molecule has 142 valence electrons. The number of para-hydroxylation sites is 1. The first-order valence-electron chi connectivity index (χ1n) is 8.85. The summed E-state index contributed by atoms with van der Waals surface area (Å²) >= 11 is 0. The van der Waals surface area contributed by atoms with E-state index in [1.807, 2.05) is 23.1 Å². The molecule has 0 radical (unpaired) electrons. The average molecular weight is 372 g/mol. The van der Waals surface area contributed by atoms with Gasteiger partial charge in [-0.3, -0.25) is 10.1 Å². The topological polar surface area (TPSA) is 87.5 Å². The van der Waals surface area contributed by atoms with Crippen molar-refractivity contribution < 1.29 is 14.1 Å². The Kier molecular flexibility index (Phi) is 5.85. The van der Waals surface area contributed by atoms with Crippen LogP contribution in [0.5, 0.6) is 0 Å². The lowest BCUT2D eigenvalue weighted by Crippen LogP contribution is -2.47. The van der Waals surface area contributed by atoms with Gasteiger partial charge in [-0.15, -0.1) is 0 Å². The lowest BCUT2D eigenvalue weighted by Gasteiger charge is -2.37. The van der Waals surface area contributed by atoms with Gasteiger partial charge in [-0.2, -0.15) is 0 Å². The summed E-state index contributed by atoms with van der Waals surface area (Å²) in [6.45, 7) is 0.965. The molecule has 0 aliphatic carbocycles. The van der Waals surface area contributed by atoms with Crippen LogP contribution in [0.3, 0.4) is 0 Å². The number of nitro benzene ring substituents is 1. The standard InChI is InChI=1S/C19H21FN4O3/c20-14-9-10-17(18(12-14)24(26)27)23-11-5-4-8-16(23)13-21-19(25)22-15-6-2-1-3-7-15/h1-3,6-7,9-10,12,16H,4-5,8,11,13H2,(H2,21,22,25). The zero-order valence-corrected chi connectivity index (χ0v) is 14.7. The first-order chi connectivity index (χ1) is 13.0. The summed E-state index contributed by atoms with van der Waals surface area (Å²) < 4.78 is 13.4. The molecule has 0 aromatic heterocycles. The summed E-state index contributed by atoms with van der Waals surface area (Å²) in [6, 6.07) is 12.3. The van der Waals surface area contributed by atoms with E-state index < -0.39 is 10.7 Å². The summed E-state index contributed by atoms with van der Waals surface area (Å²) in [5.74, 6) is -0.639. The number of nitrogens with zero attached hydrogens (tertiary/aromatic N) is 2. The molecule has 2 aromatic rings. The first kappa shape index (κ1) is 18.6. The van der Waals surface area contributed by atoms with Crippen LogP contribution in [0.25, 0.3) is 0 Å². The zero-order chi connectivity index (χ0) is 19.2. The monoisotopic (exact) mass is 372 g/mol. The van der Waals surface area contributed by atoms with Gasteiger partial charge < -0.3 is 15.5 Å². The molecule has 1 unspecified atom stereocenters. The van der Waals surface area contributed by atoms with Crippen molar-refractivity contribution in [2.24, 2.45) is 0 Å². The fraction of sp³-hybridized carbons (Fsp3) is 0.316. The van der Waals surface area contributed by atoms with Crippen LogP contribution in [0, 0.1) is 15.9 Å². The molecular formula is C19H21FN4O3. The highest BCUT2D eigenvalue weighted by atomic mass is 19.1. The van der Waals surface area contributed by atoms with Crippen LogP contribution in [0.15, 0.2) is 48.5 Å². The molecule has 7 nitrogen and oxygen atoms in total. The number of piperidine rings is 1. The number of halogens is 1. The van der Waals surface area contributed by atoms with E-state index >= 15 is 0 Å². The highest BCUT2D eigenvalue weighted by molar-refractivity contribution is 5.89. The Bertz CT molecular complexity index is 816. The van der Waals surface area contributed by atoms with E-state index in [1.54, 1.807) is 12.1 Å². The molecule has 2 amide bonds. The van der Waals surface area contributed by atoms with Gasteiger partial charge in [0.15, 0.2) is 0 Å². The number of rotatable bonds is 5. The number of nitro groups is 1. The van der Waals surface area contributed by atoms with Crippen molar-refractivity contribution in [3.05, 3.63) is 64.5 Å².